The average Bonchev–Trinajstić information content (AvgIpc) is 3.25. The van der Waals surface area contributed by atoms with Crippen molar-refractivity contribution in [2.24, 2.45) is 4.74 Å². The molecule has 0 saturated heterocycles. The van der Waals surface area contributed by atoms with Gasteiger partial charge in [0.2, 0.25) is 0 Å². The Morgan fingerprint density at radius 1 is 0.630 bits per heavy atom. The van der Waals surface area contributed by atoms with Crippen LogP contribution in [0.25, 0.3) is 0 Å². The Bertz CT molecular complexity index is 970. The SMILES string of the molecule is Cc1cccc(C)c1N=P(c1ccccc1)(c1ccccc1)C1C=CC=C1. The van der Waals surface area contributed by atoms with E-state index in [9.17, 15) is 0 Å². The minimum Gasteiger partial charge on any atom is -0.257 e. The summed E-state index contributed by atoms with van der Waals surface area (Å²) in [7, 11) is -2.07. The van der Waals surface area contributed by atoms with Crippen LogP contribution in [0.4, 0.5) is 5.69 Å². The summed E-state index contributed by atoms with van der Waals surface area (Å²) in [4.78, 5) is 0. The van der Waals surface area contributed by atoms with Crippen molar-refractivity contribution < 1.29 is 0 Å². The maximum Gasteiger partial charge on any atom is 0.0680 e. The first-order valence-electron chi connectivity index (χ1n) is 9.36. The zero-order valence-electron chi connectivity index (χ0n) is 15.8. The van der Waals surface area contributed by atoms with E-state index in [1.165, 1.54) is 21.7 Å². The maximum atomic E-state index is 5.62. The van der Waals surface area contributed by atoms with E-state index in [1.54, 1.807) is 0 Å². The normalized spacial score (nSPS) is 13.9. The summed E-state index contributed by atoms with van der Waals surface area (Å²) in [5.41, 5.74) is 3.88. The lowest BCUT2D eigenvalue weighted by atomic mass is 10.1. The van der Waals surface area contributed by atoms with Crippen molar-refractivity contribution in [3.05, 3.63) is 114 Å². The molecule has 0 bridgehead atoms. The predicted molar refractivity (Wildman–Crippen MR) is 119 cm³/mol. The quantitative estimate of drug-likeness (QED) is 0.480. The van der Waals surface area contributed by atoms with Crippen molar-refractivity contribution in [3.8, 4) is 0 Å². The number of aryl methyl sites for hydroxylation is 2. The molecule has 0 fully saturated rings. The fourth-order valence-electron chi connectivity index (χ4n) is 3.78. The van der Waals surface area contributed by atoms with Crippen LogP contribution < -0.4 is 10.6 Å². The van der Waals surface area contributed by atoms with Crippen molar-refractivity contribution in [2.45, 2.75) is 19.5 Å². The van der Waals surface area contributed by atoms with Gasteiger partial charge in [0.1, 0.15) is 0 Å². The molecule has 134 valence electrons. The van der Waals surface area contributed by atoms with Gasteiger partial charge in [-0.25, -0.2) is 0 Å². The van der Waals surface area contributed by atoms with Gasteiger partial charge in [0.25, 0.3) is 0 Å². The molecular weight excluding hydrogens is 345 g/mol. The smallest absolute Gasteiger partial charge is 0.0680 e. The molecule has 1 aliphatic carbocycles. The average molecular weight is 369 g/mol. The zero-order valence-corrected chi connectivity index (χ0v) is 16.7. The highest BCUT2D eigenvalue weighted by Gasteiger charge is 2.32. The fraction of sp³-hybridized carbons (Fsp3) is 0.120. The van der Waals surface area contributed by atoms with Gasteiger partial charge in [-0.3, -0.25) is 4.74 Å². The first-order chi connectivity index (χ1) is 13.2. The van der Waals surface area contributed by atoms with Gasteiger partial charge < -0.3 is 0 Å². The van der Waals surface area contributed by atoms with E-state index in [2.05, 4.69) is 117 Å². The van der Waals surface area contributed by atoms with Crippen LogP contribution in [-0.4, -0.2) is 5.66 Å². The second-order valence-electron chi connectivity index (χ2n) is 6.96. The van der Waals surface area contributed by atoms with Crippen LogP contribution in [-0.2, 0) is 0 Å². The van der Waals surface area contributed by atoms with E-state index in [4.69, 9.17) is 4.74 Å². The molecule has 0 amide bonds. The van der Waals surface area contributed by atoms with Gasteiger partial charge in [0.15, 0.2) is 0 Å². The molecule has 0 aliphatic heterocycles. The Morgan fingerprint density at radius 3 is 1.59 bits per heavy atom. The number of hydrogen-bond acceptors (Lipinski definition) is 1. The lowest BCUT2D eigenvalue weighted by molar-refractivity contribution is 1.32. The second-order valence-corrected chi connectivity index (χ2v) is 10.2. The highest BCUT2D eigenvalue weighted by Crippen LogP contribution is 2.57. The topological polar surface area (TPSA) is 12.4 Å². The second kappa shape index (κ2) is 7.55. The molecule has 1 nitrogen and oxygen atoms in total. The van der Waals surface area contributed by atoms with E-state index in [-0.39, 0.29) is 5.66 Å². The van der Waals surface area contributed by atoms with Crippen molar-refractivity contribution in [3.63, 3.8) is 0 Å². The molecular formula is C25H24NP. The van der Waals surface area contributed by atoms with Gasteiger partial charge in [-0.05, 0) is 35.6 Å². The van der Waals surface area contributed by atoms with Gasteiger partial charge in [0.05, 0.1) is 5.69 Å². The van der Waals surface area contributed by atoms with E-state index in [0.29, 0.717) is 0 Å². The maximum absolute atomic E-state index is 5.62. The largest absolute Gasteiger partial charge is 0.257 e. The molecule has 0 heterocycles. The summed E-state index contributed by atoms with van der Waals surface area (Å²) < 4.78 is 5.62. The Hall–Kier alpha value is -2.63. The Morgan fingerprint density at radius 2 is 1.11 bits per heavy atom. The van der Waals surface area contributed by atoms with E-state index in [0.717, 1.165) is 5.69 Å². The molecule has 0 aromatic heterocycles. The number of benzene rings is 3. The van der Waals surface area contributed by atoms with Crippen LogP contribution in [0, 0.1) is 13.8 Å². The van der Waals surface area contributed by atoms with Gasteiger partial charge in [-0.1, -0.05) is 103 Å². The van der Waals surface area contributed by atoms with E-state index < -0.39 is 7.05 Å². The molecule has 0 N–H and O–H groups in total. The van der Waals surface area contributed by atoms with Crippen LogP contribution in [0.2, 0.25) is 0 Å². The van der Waals surface area contributed by atoms with E-state index in [1.807, 2.05) is 0 Å². The standard InChI is InChI=1S/C25H24NP/c1-20-12-11-13-21(2)25(20)26-27(24-18-9-10-19-24,22-14-5-3-6-15-22)23-16-7-4-8-17-23/h3-19,24H,1-2H3. The third kappa shape index (κ3) is 3.24. The molecule has 0 radical (unpaired) electrons. The zero-order chi connectivity index (χ0) is 18.7. The molecule has 2 heteroatoms. The Balaban J connectivity index is 2.13. The molecule has 27 heavy (non-hydrogen) atoms. The fourth-order valence-corrected chi connectivity index (χ4v) is 7.71. The Kier molecular flexibility index (Phi) is 4.97. The Labute approximate surface area is 162 Å². The van der Waals surface area contributed by atoms with Gasteiger partial charge in [-0.2, -0.15) is 0 Å². The van der Waals surface area contributed by atoms with Crippen LogP contribution >= 0.6 is 7.05 Å². The molecule has 0 atom stereocenters. The minimum absolute atomic E-state index is 0.279. The van der Waals surface area contributed by atoms with Crippen LogP contribution in [0.15, 0.2) is 108 Å². The molecule has 0 spiro atoms. The van der Waals surface area contributed by atoms with Gasteiger partial charge >= 0.3 is 0 Å². The van der Waals surface area contributed by atoms with Crippen LogP contribution in [0.3, 0.4) is 0 Å². The van der Waals surface area contributed by atoms with Crippen molar-refractivity contribution in [1.82, 2.24) is 0 Å². The highest BCUT2D eigenvalue weighted by atomic mass is 31.2. The number of allylic oxidation sites excluding steroid dienone is 4. The number of rotatable bonds is 4. The predicted octanol–water partition coefficient (Wildman–Crippen LogP) is 6.28. The summed E-state index contributed by atoms with van der Waals surface area (Å²) in [6.45, 7) is 4.33. The number of hydrogen-bond donors (Lipinski definition) is 0. The lowest BCUT2D eigenvalue weighted by Gasteiger charge is -2.31. The van der Waals surface area contributed by atoms with Gasteiger partial charge in [0, 0.05) is 12.7 Å². The molecule has 0 saturated carbocycles. The monoisotopic (exact) mass is 369 g/mol. The van der Waals surface area contributed by atoms with Crippen molar-refractivity contribution >= 4 is 23.4 Å². The summed E-state index contributed by atoms with van der Waals surface area (Å²) >= 11 is 0. The van der Waals surface area contributed by atoms with Gasteiger partial charge in [-0.15, -0.1) is 0 Å². The van der Waals surface area contributed by atoms with Crippen molar-refractivity contribution in [2.75, 3.05) is 0 Å². The molecule has 0 unspecified atom stereocenters. The van der Waals surface area contributed by atoms with Crippen LogP contribution in [0.1, 0.15) is 11.1 Å². The summed E-state index contributed by atoms with van der Waals surface area (Å²) in [5, 5.41) is 2.64. The lowest BCUT2D eigenvalue weighted by Crippen LogP contribution is -2.23. The summed E-state index contributed by atoms with van der Waals surface area (Å²) in [6.07, 6.45) is 8.94. The summed E-state index contributed by atoms with van der Waals surface area (Å²) in [6, 6.07) is 28.1. The molecule has 1 aliphatic rings. The highest BCUT2D eigenvalue weighted by molar-refractivity contribution is 7.82. The molecule has 4 rings (SSSR count). The van der Waals surface area contributed by atoms with Crippen molar-refractivity contribution in [1.29, 1.82) is 0 Å². The minimum atomic E-state index is -2.07. The van der Waals surface area contributed by atoms with Crippen LogP contribution in [0.5, 0.6) is 0 Å². The molecule has 3 aromatic carbocycles. The molecule has 3 aromatic rings. The first-order valence-corrected chi connectivity index (χ1v) is 11.2. The van der Waals surface area contributed by atoms with E-state index >= 15 is 0 Å². The third-order valence-electron chi connectivity index (χ3n) is 5.16. The third-order valence-corrected chi connectivity index (χ3v) is 9.05. The summed E-state index contributed by atoms with van der Waals surface area (Å²) in [5.74, 6) is 0. The first kappa shape index (κ1) is 17.8. The number of nitrogens with zero attached hydrogens (tertiary/aromatic N) is 1.